The van der Waals surface area contributed by atoms with Crippen molar-refractivity contribution in [3.63, 3.8) is 0 Å². The van der Waals surface area contributed by atoms with Gasteiger partial charge >= 0.3 is 0 Å². The summed E-state index contributed by atoms with van der Waals surface area (Å²) in [5, 5.41) is -0.664. The highest BCUT2D eigenvalue weighted by Gasteiger charge is 2.57. The normalized spacial score (nSPS) is 26.1. The van der Waals surface area contributed by atoms with Gasteiger partial charge in [0.25, 0.3) is 5.91 Å². The lowest BCUT2D eigenvalue weighted by atomic mass is 10.1. The monoisotopic (exact) mass is 311 g/mol. The molecule has 0 spiro atoms. The van der Waals surface area contributed by atoms with Gasteiger partial charge in [-0.15, -0.1) is 0 Å². The summed E-state index contributed by atoms with van der Waals surface area (Å²) in [7, 11) is 0. The quantitative estimate of drug-likeness (QED) is 0.867. The summed E-state index contributed by atoms with van der Waals surface area (Å²) in [5.41, 5.74) is 3.00. The molecular weight excluding hydrogens is 294 g/mol. The van der Waals surface area contributed by atoms with Crippen LogP contribution in [0.4, 0.5) is 0 Å². The molecule has 0 aliphatic carbocycles. The largest absolute Gasteiger partial charge is 0.340 e. The number of carbonyl (C=O) groups excluding carboxylic acids is 1. The van der Waals surface area contributed by atoms with E-state index in [0.29, 0.717) is 6.61 Å². The van der Waals surface area contributed by atoms with Crippen molar-refractivity contribution >= 4 is 17.7 Å². The fraction of sp³-hybridized carbons (Fsp3) is 0.278. The Bertz CT molecular complexity index is 718. The number of thioether (sulfide) groups is 1. The average Bonchev–Trinajstić information content (AvgIpc) is 3.02. The van der Waals surface area contributed by atoms with Crippen LogP contribution in [0.5, 0.6) is 0 Å². The minimum absolute atomic E-state index is 0.0844. The summed E-state index contributed by atoms with van der Waals surface area (Å²) >= 11 is 1.69. The second kappa shape index (κ2) is 5.14. The van der Waals surface area contributed by atoms with E-state index in [4.69, 9.17) is 4.74 Å². The number of rotatable bonds is 3. The number of nitrogens with zero attached hydrogens (tertiary/aromatic N) is 1. The maximum absolute atomic E-state index is 12.7. The molecular formula is C18H17NO2S. The van der Waals surface area contributed by atoms with Gasteiger partial charge in [-0.05, 0) is 18.6 Å². The summed E-state index contributed by atoms with van der Waals surface area (Å²) in [5.74, 6) is 0.896. The summed E-state index contributed by atoms with van der Waals surface area (Å²) in [4.78, 5) is 14.6. The maximum atomic E-state index is 12.7. The maximum Gasteiger partial charge on any atom is 0.257 e. The molecule has 0 bridgehead atoms. The fourth-order valence-corrected chi connectivity index (χ4v) is 4.67. The predicted octanol–water partition coefficient (Wildman–Crippen LogP) is 3.60. The van der Waals surface area contributed by atoms with Crippen LogP contribution in [0.25, 0.3) is 0 Å². The van der Waals surface area contributed by atoms with Crippen molar-refractivity contribution < 1.29 is 9.53 Å². The molecule has 2 aliphatic heterocycles. The van der Waals surface area contributed by atoms with Crippen LogP contribution < -0.4 is 0 Å². The lowest BCUT2D eigenvalue weighted by Gasteiger charge is -2.32. The van der Waals surface area contributed by atoms with Crippen molar-refractivity contribution in [3.8, 4) is 0 Å². The van der Waals surface area contributed by atoms with Gasteiger partial charge in [0, 0.05) is 16.9 Å². The molecule has 4 heteroatoms. The van der Waals surface area contributed by atoms with Gasteiger partial charge in [-0.2, -0.15) is 0 Å². The highest BCUT2D eigenvalue weighted by atomic mass is 32.2. The molecule has 2 aromatic carbocycles. The molecule has 3 nitrogen and oxygen atoms in total. The molecule has 0 saturated carbocycles. The number of carbonyl (C=O) groups is 1. The molecule has 112 valence electrons. The molecule has 2 heterocycles. The molecule has 2 aromatic rings. The molecule has 4 rings (SSSR count). The second-order valence-corrected chi connectivity index (χ2v) is 6.87. The van der Waals surface area contributed by atoms with Crippen LogP contribution >= 0.6 is 11.8 Å². The van der Waals surface area contributed by atoms with Crippen molar-refractivity contribution in [3.05, 3.63) is 71.3 Å². The number of ether oxygens (including phenoxy) is 1. The second-order valence-electron chi connectivity index (χ2n) is 5.74. The van der Waals surface area contributed by atoms with Crippen molar-refractivity contribution in [1.82, 2.24) is 4.90 Å². The van der Waals surface area contributed by atoms with Crippen LogP contribution in [0.15, 0.2) is 54.6 Å². The lowest BCUT2D eigenvalue weighted by molar-refractivity contribution is 0.00976. The Balaban J connectivity index is 1.72. The van der Waals surface area contributed by atoms with Crippen LogP contribution in [0.1, 0.15) is 28.4 Å². The summed E-state index contributed by atoms with van der Waals surface area (Å²) in [6.07, 6.45) is 0. The molecule has 0 N–H and O–H groups in total. The number of fused-ring (bicyclic) bond motifs is 3. The highest BCUT2D eigenvalue weighted by molar-refractivity contribution is 7.99. The fourth-order valence-electron chi connectivity index (χ4n) is 3.23. The third kappa shape index (κ3) is 1.91. The number of benzene rings is 2. The van der Waals surface area contributed by atoms with Gasteiger partial charge in [0.1, 0.15) is 0 Å². The minimum Gasteiger partial charge on any atom is -0.340 e. The van der Waals surface area contributed by atoms with E-state index in [9.17, 15) is 4.79 Å². The zero-order valence-electron chi connectivity index (χ0n) is 12.4. The lowest BCUT2D eigenvalue weighted by Crippen LogP contribution is -2.40. The van der Waals surface area contributed by atoms with Crippen LogP contribution in [0, 0.1) is 0 Å². The Morgan fingerprint density at radius 3 is 2.73 bits per heavy atom. The first kappa shape index (κ1) is 13.9. The molecule has 22 heavy (non-hydrogen) atoms. The van der Waals surface area contributed by atoms with E-state index in [2.05, 4.69) is 19.1 Å². The van der Waals surface area contributed by atoms with Crippen molar-refractivity contribution in [2.45, 2.75) is 23.8 Å². The molecule has 0 aromatic heterocycles. The van der Waals surface area contributed by atoms with Gasteiger partial charge in [0.15, 0.2) is 0 Å². The van der Waals surface area contributed by atoms with E-state index < -0.39 is 5.06 Å². The Hall–Kier alpha value is -1.78. The first-order chi connectivity index (χ1) is 10.7. The summed E-state index contributed by atoms with van der Waals surface area (Å²) in [6, 6.07) is 18.2. The van der Waals surface area contributed by atoms with Gasteiger partial charge in [0.2, 0.25) is 5.06 Å². The highest BCUT2D eigenvalue weighted by Crippen LogP contribution is 2.53. The Kier molecular flexibility index (Phi) is 3.24. The molecule has 1 saturated heterocycles. The van der Waals surface area contributed by atoms with E-state index in [-0.39, 0.29) is 11.9 Å². The van der Waals surface area contributed by atoms with E-state index in [1.54, 1.807) is 11.8 Å². The molecule has 1 amide bonds. The van der Waals surface area contributed by atoms with Gasteiger partial charge in [-0.25, -0.2) is 0 Å². The average molecular weight is 311 g/mol. The van der Waals surface area contributed by atoms with Crippen LogP contribution in [-0.2, 0) is 15.5 Å². The SMILES string of the molecule is C[C@H]1CO[C@@]2(SCc3ccccc3)c3ccccc3C(=O)N12. The van der Waals surface area contributed by atoms with E-state index in [0.717, 1.165) is 16.9 Å². The van der Waals surface area contributed by atoms with Gasteiger partial charge in [-0.1, -0.05) is 60.3 Å². The smallest absolute Gasteiger partial charge is 0.257 e. The predicted molar refractivity (Wildman–Crippen MR) is 87.4 cm³/mol. The van der Waals surface area contributed by atoms with Gasteiger partial charge < -0.3 is 4.74 Å². The standard InChI is InChI=1S/C18H17NO2S/c1-13-11-21-18(22-12-14-7-3-2-4-8-14)16-10-6-5-9-15(16)17(20)19(13)18/h2-10,13H,11-12H2,1H3/t13-,18+/m0/s1. The molecule has 2 aliphatic rings. The Morgan fingerprint density at radius 1 is 1.18 bits per heavy atom. The van der Waals surface area contributed by atoms with Crippen molar-refractivity contribution in [2.24, 2.45) is 0 Å². The minimum atomic E-state index is -0.664. The zero-order chi connectivity index (χ0) is 15.2. The van der Waals surface area contributed by atoms with Gasteiger partial charge in [-0.3, -0.25) is 9.69 Å². The van der Waals surface area contributed by atoms with Crippen LogP contribution in [0.3, 0.4) is 0 Å². The molecule has 1 fully saturated rings. The van der Waals surface area contributed by atoms with E-state index in [1.807, 2.05) is 47.4 Å². The van der Waals surface area contributed by atoms with E-state index >= 15 is 0 Å². The molecule has 0 radical (unpaired) electrons. The summed E-state index contributed by atoms with van der Waals surface area (Å²) in [6.45, 7) is 2.64. The Labute approximate surface area is 134 Å². The number of hydrogen-bond acceptors (Lipinski definition) is 3. The third-order valence-corrected chi connectivity index (χ3v) is 5.68. The number of amides is 1. The van der Waals surface area contributed by atoms with Crippen molar-refractivity contribution in [1.29, 1.82) is 0 Å². The van der Waals surface area contributed by atoms with E-state index in [1.165, 1.54) is 5.56 Å². The topological polar surface area (TPSA) is 29.5 Å². The first-order valence-electron chi connectivity index (χ1n) is 7.47. The summed E-state index contributed by atoms with van der Waals surface area (Å²) < 4.78 is 6.16. The van der Waals surface area contributed by atoms with Crippen LogP contribution in [-0.4, -0.2) is 23.5 Å². The van der Waals surface area contributed by atoms with Crippen LogP contribution in [0.2, 0.25) is 0 Å². The molecule has 2 atom stereocenters. The van der Waals surface area contributed by atoms with Crippen molar-refractivity contribution in [2.75, 3.05) is 6.61 Å². The first-order valence-corrected chi connectivity index (χ1v) is 8.46. The zero-order valence-corrected chi connectivity index (χ0v) is 13.2. The Morgan fingerprint density at radius 2 is 1.91 bits per heavy atom. The number of hydrogen-bond donors (Lipinski definition) is 0. The van der Waals surface area contributed by atoms with Gasteiger partial charge in [0.05, 0.1) is 12.6 Å². The molecule has 0 unspecified atom stereocenters. The third-order valence-electron chi connectivity index (χ3n) is 4.27.